The number of nitrogens with zero attached hydrogens (tertiary/aromatic N) is 4. The fourth-order valence-electron chi connectivity index (χ4n) is 4.85. The van der Waals surface area contributed by atoms with Crippen molar-refractivity contribution in [3.63, 3.8) is 0 Å². The Kier molecular flexibility index (Phi) is 6.28. The Morgan fingerprint density at radius 1 is 0.973 bits per heavy atom. The van der Waals surface area contributed by atoms with Gasteiger partial charge in [0.1, 0.15) is 5.65 Å². The normalized spacial score (nSPS) is 14.2. The van der Waals surface area contributed by atoms with E-state index in [1.807, 2.05) is 64.2 Å². The summed E-state index contributed by atoms with van der Waals surface area (Å²) >= 11 is 1.58. The molecule has 0 atom stereocenters. The highest BCUT2D eigenvalue weighted by Gasteiger charge is 2.25. The molecule has 1 aliphatic heterocycles. The molecule has 0 radical (unpaired) electrons. The molecule has 3 amide bonds. The van der Waals surface area contributed by atoms with Crippen LogP contribution in [0.3, 0.4) is 0 Å². The van der Waals surface area contributed by atoms with Gasteiger partial charge in [-0.05, 0) is 72.4 Å². The van der Waals surface area contributed by atoms with Crippen molar-refractivity contribution in [2.45, 2.75) is 25.3 Å². The van der Waals surface area contributed by atoms with Gasteiger partial charge in [-0.25, -0.2) is 14.8 Å². The summed E-state index contributed by atoms with van der Waals surface area (Å²) in [6.45, 7) is 1.87. The second kappa shape index (κ2) is 10.0. The average molecular weight is 511 g/mol. The van der Waals surface area contributed by atoms with Crippen LogP contribution in [0.5, 0.6) is 0 Å². The number of hydrogen-bond acceptors (Lipinski definition) is 5. The number of aromatic nitrogens is 3. The summed E-state index contributed by atoms with van der Waals surface area (Å²) in [5, 5.41) is 5.79. The highest BCUT2D eigenvalue weighted by atomic mass is 32.1. The lowest BCUT2D eigenvalue weighted by atomic mass is 9.89. The maximum Gasteiger partial charge on any atom is 0.319 e. The zero-order valence-electron chi connectivity index (χ0n) is 20.1. The summed E-state index contributed by atoms with van der Waals surface area (Å²) in [7, 11) is 0. The minimum atomic E-state index is -0.251. The van der Waals surface area contributed by atoms with E-state index in [4.69, 9.17) is 0 Å². The van der Waals surface area contributed by atoms with E-state index >= 15 is 0 Å². The molecule has 37 heavy (non-hydrogen) atoms. The monoisotopic (exact) mass is 510 g/mol. The molecule has 0 bridgehead atoms. The number of urea groups is 1. The van der Waals surface area contributed by atoms with Gasteiger partial charge in [0.2, 0.25) is 0 Å². The van der Waals surface area contributed by atoms with Gasteiger partial charge in [0, 0.05) is 49.5 Å². The van der Waals surface area contributed by atoms with Crippen molar-refractivity contribution in [2.24, 2.45) is 0 Å². The molecule has 0 spiro atoms. The number of anilines is 1. The second-order valence-electron chi connectivity index (χ2n) is 9.26. The maximum absolute atomic E-state index is 13.0. The number of rotatable bonds is 5. The summed E-state index contributed by atoms with van der Waals surface area (Å²) < 4.78 is 3.02. The van der Waals surface area contributed by atoms with Crippen LogP contribution < -0.4 is 10.6 Å². The van der Waals surface area contributed by atoms with Gasteiger partial charge < -0.3 is 19.9 Å². The van der Waals surface area contributed by atoms with Crippen LogP contribution in [0.4, 0.5) is 10.5 Å². The van der Waals surface area contributed by atoms with Crippen molar-refractivity contribution < 1.29 is 9.59 Å². The van der Waals surface area contributed by atoms with E-state index < -0.39 is 0 Å². The Morgan fingerprint density at radius 2 is 1.81 bits per heavy atom. The van der Waals surface area contributed by atoms with Crippen LogP contribution in [0, 0.1) is 0 Å². The first kappa shape index (κ1) is 23.2. The molecule has 9 heteroatoms. The number of nitrogens with one attached hydrogen (secondary N) is 2. The number of carbonyl (C=O) groups excluding carboxylic acids is 2. The lowest BCUT2D eigenvalue weighted by Gasteiger charge is -2.32. The molecule has 2 aromatic carbocycles. The Bertz CT molecular complexity index is 1570. The Morgan fingerprint density at radius 3 is 2.65 bits per heavy atom. The molecular weight excluding hydrogens is 484 g/mol. The van der Waals surface area contributed by atoms with Crippen molar-refractivity contribution in [2.75, 3.05) is 18.4 Å². The third kappa shape index (κ3) is 5.03. The van der Waals surface area contributed by atoms with Gasteiger partial charge in [0.25, 0.3) is 5.91 Å². The molecular formula is C28H26N6O2S. The van der Waals surface area contributed by atoms with Crippen LogP contribution in [-0.4, -0.2) is 44.3 Å². The van der Waals surface area contributed by atoms with Crippen LogP contribution in [0.1, 0.15) is 40.2 Å². The SMILES string of the molecule is O=C(NCc1ccn2ccnc2c1)Nc1ccc(C2CCN(C(=O)c3ccc4scnc4c3)CC2)cc1. The smallest absolute Gasteiger partial charge is 0.319 e. The average Bonchev–Trinajstić information content (AvgIpc) is 3.61. The molecule has 186 valence electrons. The van der Waals surface area contributed by atoms with E-state index in [0.29, 0.717) is 18.0 Å². The number of thiazole rings is 1. The minimum absolute atomic E-state index is 0.0728. The molecule has 1 saturated heterocycles. The van der Waals surface area contributed by atoms with Crippen LogP contribution >= 0.6 is 11.3 Å². The number of fused-ring (bicyclic) bond motifs is 2. The summed E-state index contributed by atoms with van der Waals surface area (Å²) in [5.74, 6) is 0.467. The summed E-state index contributed by atoms with van der Waals surface area (Å²) in [5.41, 5.74) is 7.20. The largest absolute Gasteiger partial charge is 0.339 e. The van der Waals surface area contributed by atoms with Crippen molar-refractivity contribution in [1.82, 2.24) is 24.6 Å². The third-order valence-electron chi connectivity index (χ3n) is 6.91. The quantitative estimate of drug-likeness (QED) is 0.336. The molecule has 3 aromatic heterocycles. The fourth-order valence-corrected chi connectivity index (χ4v) is 5.51. The van der Waals surface area contributed by atoms with Gasteiger partial charge in [0.15, 0.2) is 0 Å². The van der Waals surface area contributed by atoms with Crippen molar-refractivity contribution in [3.05, 3.63) is 95.4 Å². The van der Waals surface area contributed by atoms with Crippen molar-refractivity contribution >= 4 is 44.8 Å². The molecule has 2 N–H and O–H groups in total. The van der Waals surface area contributed by atoms with Gasteiger partial charge in [-0.15, -0.1) is 11.3 Å². The number of carbonyl (C=O) groups is 2. The second-order valence-corrected chi connectivity index (χ2v) is 10.1. The lowest BCUT2D eigenvalue weighted by molar-refractivity contribution is 0.0713. The highest BCUT2D eigenvalue weighted by molar-refractivity contribution is 7.16. The van der Waals surface area contributed by atoms with E-state index in [0.717, 1.165) is 53.0 Å². The van der Waals surface area contributed by atoms with Crippen molar-refractivity contribution in [3.8, 4) is 0 Å². The van der Waals surface area contributed by atoms with E-state index in [1.54, 1.807) is 23.0 Å². The first-order chi connectivity index (χ1) is 18.1. The number of piperidine rings is 1. The number of amides is 3. The lowest BCUT2D eigenvalue weighted by Crippen LogP contribution is -2.37. The number of benzene rings is 2. The summed E-state index contributed by atoms with van der Waals surface area (Å²) in [4.78, 5) is 35.9. The molecule has 1 aliphatic rings. The van der Waals surface area contributed by atoms with E-state index in [1.165, 1.54) is 5.56 Å². The number of likely N-dealkylation sites (tertiary alicyclic amines) is 1. The maximum atomic E-state index is 13.0. The third-order valence-corrected chi connectivity index (χ3v) is 7.72. The molecule has 0 saturated carbocycles. The van der Waals surface area contributed by atoms with Crippen molar-refractivity contribution in [1.29, 1.82) is 0 Å². The zero-order chi connectivity index (χ0) is 25.2. The molecule has 8 nitrogen and oxygen atoms in total. The minimum Gasteiger partial charge on any atom is -0.339 e. The van der Waals surface area contributed by atoms with Crippen LogP contribution in [0.2, 0.25) is 0 Å². The van der Waals surface area contributed by atoms with Crippen LogP contribution in [0.15, 0.2) is 78.7 Å². The van der Waals surface area contributed by atoms with Crippen LogP contribution in [-0.2, 0) is 6.54 Å². The molecule has 0 aliphatic carbocycles. The predicted molar refractivity (Wildman–Crippen MR) is 145 cm³/mol. The standard InChI is InChI=1S/C28H26N6O2S/c35-27(22-3-6-25-24(16-22)31-18-37-25)34-12-8-21(9-13-34)20-1-4-23(5-2-20)32-28(36)30-17-19-7-11-33-14-10-29-26(33)15-19/h1-7,10-11,14-16,18,21H,8-9,12-13,17H2,(H2,30,32,36). The first-order valence-electron chi connectivity index (χ1n) is 12.3. The molecule has 5 aromatic rings. The Labute approximate surface area is 218 Å². The Hall–Kier alpha value is -4.24. The summed E-state index contributed by atoms with van der Waals surface area (Å²) in [6, 6.07) is 17.4. The van der Waals surface area contributed by atoms with E-state index in [2.05, 4.69) is 32.7 Å². The van der Waals surface area contributed by atoms with Gasteiger partial charge in [-0.3, -0.25) is 4.79 Å². The molecule has 1 fully saturated rings. The molecule has 0 unspecified atom stereocenters. The van der Waals surface area contributed by atoms with Gasteiger partial charge >= 0.3 is 6.03 Å². The number of pyridine rings is 1. The molecule has 6 rings (SSSR count). The first-order valence-corrected chi connectivity index (χ1v) is 13.2. The van der Waals surface area contributed by atoms with Gasteiger partial charge in [-0.1, -0.05) is 12.1 Å². The number of imidazole rings is 1. The summed E-state index contributed by atoms with van der Waals surface area (Å²) in [6.07, 6.45) is 7.39. The highest BCUT2D eigenvalue weighted by Crippen LogP contribution is 2.30. The van der Waals surface area contributed by atoms with Gasteiger partial charge in [0.05, 0.1) is 15.7 Å². The Balaban J connectivity index is 0.998. The van der Waals surface area contributed by atoms with E-state index in [9.17, 15) is 9.59 Å². The predicted octanol–water partition coefficient (Wildman–Crippen LogP) is 5.29. The van der Waals surface area contributed by atoms with E-state index in [-0.39, 0.29) is 11.9 Å². The number of hydrogen-bond donors (Lipinski definition) is 2. The van der Waals surface area contributed by atoms with Gasteiger partial charge in [-0.2, -0.15) is 0 Å². The topological polar surface area (TPSA) is 91.6 Å². The van der Waals surface area contributed by atoms with Crippen LogP contribution in [0.25, 0.3) is 15.9 Å². The zero-order valence-corrected chi connectivity index (χ0v) is 20.9. The molecule has 4 heterocycles. The fraction of sp³-hybridized carbons (Fsp3) is 0.214.